The van der Waals surface area contributed by atoms with Gasteiger partial charge in [0.2, 0.25) is 11.3 Å². The minimum atomic E-state index is 0.294. The predicted molar refractivity (Wildman–Crippen MR) is 102 cm³/mol. The highest BCUT2D eigenvalue weighted by Crippen LogP contribution is 2.30. The van der Waals surface area contributed by atoms with Crippen molar-refractivity contribution < 1.29 is 4.63 Å². The highest BCUT2D eigenvalue weighted by Gasteiger charge is 2.14. The number of nitrogens with one attached hydrogen (secondary N) is 2. The van der Waals surface area contributed by atoms with Crippen LogP contribution in [0, 0.1) is 6.92 Å². The fraction of sp³-hybridized carbons (Fsp3) is 0.0588. The molecule has 0 aliphatic carbocycles. The molecule has 0 spiro atoms. The van der Waals surface area contributed by atoms with Gasteiger partial charge < -0.3 is 10.6 Å². The van der Waals surface area contributed by atoms with Gasteiger partial charge in [-0.25, -0.2) is 14.6 Å². The largest absolute Gasteiger partial charge is 0.337 e. The fourth-order valence-electron chi connectivity index (χ4n) is 2.38. The molecule has 0 saturated heterocycles. The number of halogens is 2. The van der Waals surface area contributed by atoms with E-state index in [2.05, 4.69) is 30.9 Å². The van der Waals surface area contributed by atoms with Crippen LogP contribution in [0.1, 0.15) is 5.56 Å². The molecular weight excluding hydrogens is 375 g/mol. The zero-order valence-corrected chi connectivity index (χ0v) is 15.0. The summed E-state index contributed by atoms with van der Waals surface area (Å²) >= 11 is 12.1. The molecule has 0 aliphatic heterocycles. The lowest BCUT2D eigenvalue weighted by molar-refractivity contribution is 0.314. The smallest absolute Gasteiger partial charge is 0.245 e. The second kappa shape index (κ2) is 6.78. The minimum Gasteiger partial charge on any atom is -0.337 e. The monoisotopic (exact) mass is 386 g/mol. The third-order valence-electron chi connectivity index (χ3n) is 3.58. The highest BCUT2D eigenvalue weighted by molar-refractivity contribution is 6.42. The summed E-state index contributed by atoms with van der Waals surface area (Å²) in [5, 5.41) is 14.8. The zero-order valence-electron chi connectivity index (χ0n) is 13.5. The molecule has 130 valence electrons. The Morgan fingerprint density at radius 2 is 1.46 bits per heavy atom. The summed E-state index contributed by atoms with van der Waals surface area (Å²) in [6, 6.07) is 13.1. The van der Waals surface area contributed by atoms with Crippen LogP contribution in [-0.2, 0) is 0 Å². The molecule has 0 fully saturated rings. The first-order chi connectivity index (χ1) is 12.6. The van der Waals surface area contributed by atoms with Crippen LogP contribution in [0.25, 0.3) is 11.3 Å². The van der Waals surface area contributed by atoms with Crippen LogP contribution in [-0.4, -0.2) is 20.3 Å². The molecule has 2 aromatic heterocycles. The maximum absolute atomic E-state index is 6.08. The van der Waals surface area contributed by atoms with Crippen LogP contribution in [0.5, 0.6) is 0 Å². The predicted octanol–water partition coefficient (Wildman–Crippen LogP) is 5.12. The van der Waals surface area contributed by atoms with Crippen molar-refractivity contribution in [3.63, 3.8) is 0 Å². The van der Waals surface area contributed by atoms with E-state index in [1.54, 1.807) is 18.2 Å². The van der Waals surface area contributed by atoms with Gasteiger partial charge in [-0.05, 0) is 53.1 Å². The summed E-state index contributed by atoms with van der Waals surface area (Å²) in [5.41, 5.74) is 3.29. The Morgan fingerprint density at radius 3 is 2.08 bits per heavy atom. The maximum Gasteiger partial charge on any atom is 0.245 e. The summed E-state index contributed by atoms with van der Waals surface area (Å²) < 4.78 is 4.71. The lowest BCUT2D eigenvalue weighted by atomic mass is 10.2. The standard InChI is InChI=1S/C17H12Cl2N6O/c1-9-3-2-4-10(7-9)20-14-15(23-17-16(22-14)24-26-25-17)21-11-5-6-12(18)13(19)8-11/h2-8H,1H3,(H,20,22,24)(H,21,23,25). The van der Waals surface area contributed by atoms with E-state index in [0.29, 0.717) is 38.7 Å². The number of aryl methyl sites for hydroxylation is 1. The number of benzene rings is 2. The third-order valence-corrected chi connectivity index (χ3v) is 4.32. The average Bonchev–Trinajstić information content (AvgIpc) is 3.06. The topological polar surface area (TPSA) is 88.8 Å². The quantitative estimate of drug-likeness (QED) is 0.503. The number of rotatable bonds is 4. The van der Waals surface area contributed by atoms with Crippen LogP contribution in [0.4, 0.5) is 23.0 Å². The van der Waals surface area contributed by atoms with Crippen molar-refractivity contribution in [1.29, 1.82) is 0 Å². The molecular formula is C17H12Cl2N6O. The molecule has 0 amide bonds. The molecule has 0 saturated carbocycles. The molecule has 2 N–H and O–H groups in total. The van der Waals surface area contributed by atoms with Crippen molar-refractivity contribution in [1.82, 2.24) is 20.3 Å². The highest BCUT2D eigenvalue weighted by atomic mass is 35.5. The Labute approximate surface area is 158 Å². The first-order valence-electron chi connectivity index (χ1n) is 7.64. The summed E-state index contributed by atoms with van der Waals surface area (Å²) in [5.74, 6) is 0.929. The van der Waals surface area contributed by atoms with Gasteiger partial charge >= 0.3 is 0 Å². The number of anilines is 4. The molecule has 2 heterocycles. The van der Waals surface area contributed by atoms with Crippen molar-refractivity contribution >= 4 is 57.5 Å². The van der Waals surface area contributed by atoms with E-state index >= 15 is 0 Å². The van der Waals surface area contributed by atoms with Gasteiger partial charge in [-0.1, -0.05) is 35.3 Å². The molecule has 7 nitrogen and oxygen atoms in total. The molecule has 0 unspecified atom stereocenters. The van der Waals surface area contributed by atoms with Crippen LogP contribution in [0.15, 0.2) is 47.1 Å². The normalized spacial score (nSPS) is 10.9. The van der Waals surface area contributed by atoms with E-state index in [4.69, 9.17) is 27.8 Å². The van der Waals surface area contributed by atoms with E-state index in [1.807, 2.05) is 31.2 Å². The molecule has 0 bridgehead atoms. The number of aromatic nitrogens is 4. The number of fused-ring (bicyclic) bond motifs is 1. The van der Waals surface area contributed by atoms with Crippen molar-refractivity contribution in [2.24, 2.45) is 0 Å². The molecule has 2 aromatic carbocycles. The molecule has 0 radical (unpaired) electrons. The Kier molecular flexibility index (Phi) is 4.32. The van der Waals surface area contributed by atoms with E-state index < -0.39 is 0 Å². The van der Waals surface area contributed by atoms with Gasteiger partial charge in [0.25, 0.3) is 0 Å². The summed E-state index contributed by atoms with van der Waals surface area (Å²) in [7, 11) is 0. The molecule has 0 aliphatic rings. The molecule has 0 atom stereocenters. The van der Waals surface area contributed by atoms with Gasteiger partial charge in [0.1, 0.15) is 0 Å². The van der Waals surface area contributed by atoms with Crippen molar-refractivity contribution in [3.8, 4) is 0 Å². The molecule has 4 rings (SSSR count). The number of hydrogen-bond acceptors (Lipinski definition) is 7. The van der Waals surface area contributed by atoms with Gasteiger partial charge in [-0.15, -0.1) is 0 Å². The maximum atomic E-state index is 6.08. The number of hydrogen-bond donors (Lipinski definition) is 2. The van der Waals surface area contributed by atoms with Gasteiger partial charge in [-0.3, -0.25) is 0 Å². The van der Waals surface area contributed by atoms with Crippen LogP contribution >= 0.6 is 23.2 Å². The Morgan fingerprint density at radius 1 is 0.808 bits per heavy atom. The van der Waals surface area contributed by atoms with Gasteiger partial charge in [-0.2, -0.15) is 0 Å². The van der Waals surface area contributed by atoms with Gasteiger partial charge in [0, 0.05) is 11.4 Å². The molecule has 9 heteroatoms. The van der Waals surface area contributed by atoms with Crippen molar-refractivity contribution in [3.05, 3.63) is 58.1 Å². The Balaban J connectivity index is 1.74. The fourth-order valence-corrected chi connectivity index (χ4v) is 2.68. The van der Waals surface area contributed by atoms with Gasteiger partial charge in [0.15, 0.2) is 11.6 Å². The first kappa shape index (κ1) is 16.6. The average molecular weight is 387 g/mol. The lowest BCUT2D eigenvalue weighted by Gasteiger charge is -2.12. The Hall–Kier alpha value is -2.90. The van der Waals surface area contributed by atoms with Crippen LogP contribution in [0.2, 0.25) is 10.0 Å². The zero-order chi connectivity index (χ0) is 18.1. The summed E-state index contributed by atoms with van der Waals surface area (Å²) in [6.45, 7) is 2.01. The van der Waals surface area contributed by atoms with Crippen LogP contribution in [0.3, 0.4) is 0 Å². The van der Waals surface area contributed by atoms with Crippen molar-refractivity contribution in [2.45, 2.75) is 6.92 Å². The second-order valence-corrected chi connectivity index (χ2v) is 6.40. The molecule has 4 aromatic rings. The van der Waals surface area contributed by atoms with E-state index in [-0.39, 0.29) is 0 Å². The van der Waals surface area contributed by atoms with Gasteiger partial charge in [0.05, 0.1) is 10.0 Å². The lowest BCUT2D eigenvalue weighted by Crippen LogP contribution is -2.03. The Bertz CT molecular complexity index is 1100. The van der Waals surface area contributed by atoms with E-state index in [0.717, 1.165) is 11.3 Å². The second-order valence-electron chi connectivity index (χ2n) is 5.58. The SMILES string of the molecule is Cc1cccc(Nc2nc3nonc3nc2Nc2ccc(Cl)c(Cl)c2)c1. The van der Waals surface area contributed by atoms with E-state index in [9.17, 15) is 0 Å². The first-order valence-corrected chi connectivity index (χ1v) is 8.40. The van der Waals surface area contributed by atoms with Crippen molar-refractivity contribution in [2.75, 3.05) is 10.6 Å². The molecule has 26 heavy (non-hydrogen) atoms. The van der Waals surface area contributed by atoms with E-state index in [1.165, 1.54) is 0 Å². The summed E-state index contributed by atoms with van der Waals surface area (Å²) in [6.07, 6.45) is 0. The number of nitrogens with zero attached hydrogens (tertiary/aromatic N) is 4. The summed E-state index contributed by atoms with van der Waals surface area (Å²) in [4.78, 5) is 8.86. The third kappa shape index (κ3) is 3.40. The minimum absolute atomic E-state index is 0.294. The van der Waals surface area contributed by atoms with Crippen LogP contribution < -0.4 is 10.6 Å².